The van der Waals surface area contributed by atoms with E-state index >= 15 is 8.78 Å². The van der Waals surface area contributed by atoms with Crippen molar-refractivity contribution in [3.63, 3.8) is 0 Å². The lowest BCUT2D eigenvalue weighted by molar-refractivity contribution is -0.210. The van der Waals surface area contributed by atoms with Crippen LogP contribution in [0.4, 0.5) is 13.2 Å². The molecule has 0 spiro atoms. The zero-order chi connectivity index (χ0) is 28.4. The fourth-order valence-electron chi connectivity index (χ4n) is 9.86. The zero-order valence-electron chi connectivity index (χ0n) is 23.2. The summed E-state index contributed by atoms with van der Waals surface area (Å²) >= 11 is 0.473. The molecule has 4 fully saturated rings. The maximum absolute atomic E-state index is 17.5. The van der Waals surface area contributed by atoms with Crippen molar-refractivity contribution >= 4 is 28.4 Å². The molecule has 38 heavy (non-hydrogen) atoms. The van der Waals surface area contributed by atoms with E-state index in [1.807, 2.05) is 27.7 Å². The third-order valence-corrected chi connectivity index (χ3v) is 13.1. The van der Waals surface area contributed by atoms with E-state index in [2.05, 4.69) is 0 Å². The van der Waals surface area contributed by atoms with Crippen molar-refractivity contribution in [2.24, 2.45) is 50.7 Å². The number of hydrogen-bond donors (Lipinski definition) is 1. The molecular formula is C30H39F3O4S. The van der Waals surface area contributed by atoms with Crippen LogP contribution in [-0.2, 0) is 14.4 Å². The normalized spacial score (nSPS) is 48.6. The average Bonchev–Trinajstić information content (AvgIpc) is 3.09. The third-order valence-electron chi connectivity index (χ3n) is 12.4. The number of thioether (sulfide) groups is 1. The molecule has 4 saturated carbocycles. The molecule has 0 aromatic heterocycles. The summed E-state index contributed by atoms with van der Waals surface area (Å²) in [5.74, 6) is -3.24. The Kier molecular flexibility index (Phi) is 5.98. The predicted octanol–water partition coefficient (Wildman–Crippen LogP) is 5.98. The molecule has 9 atom stereocenters. The van der Waals surface area contributed by atoms with Gasteiger partial charge in [-0.25, -0.2) is 13.2 Å². The molecule has 0 bridgehead atoms. The maximum atomic E-state index is 17.5. The molecule has 1 N–H and O–H groups in total. The number of carbonyl (C=O) groups excluding carboxylic acids is 3. The summed E-state index contributed by atoms with van der Waals surface area (Å²) in [5.41, 5.74) is -7.40. The van der Waals surface area contributed by atoms with E-state index in [0.29, 0.717) is 18.2 Å². The molecule has 4 nitrogen and oxygen atoms in total. The lowest BCUT2D eigenvalue weighted by atomic mass is 9.43. The molecule has 0 aromatic rings. The monoisotopic (exact) mass is 552 g/mol. The average molecular weight is 553 g/mol. The molecule has 0 amide bonds. The van der Waals surface area contributed by atoms with E-state index in [-0.39, 0.29) is 35.0 Å². The van der Waals surface area contributed by atoms with Gasteiger partial charge >= 0.3 is 0 Å². The number of carbonyl (C=O) groups is 3. The summed E-state index contributed by atoms with van der Waals surface area (Å²) in [7, 11) is 0. The number of ketones is 2. The van der Waals surface area contributed by atoms with Gasteiger partial charge in [0, 0.05) is 17.3 Å². The molecule has 0 saturated heterocycles. The summed E-state index contributed by atoms with van der Waals surface area (Å²) in [6.45, 7) is 13.0. The SMILES string of the molecule is C[C@@H]1C[C@H]2[C@@H]3C[C@H](F)C4=CC(=O)C=C[C@]4(C)[C@@]3(F)[C@@H](O)C[C@]2(C)[C@]1(C(=O)SCF)C(=O)C1C(C)(C)C1(C)C. The number of halogens is 3. The smallest absolute Gasteiger partial charge is 0.205 e. The van der Waals surface area contributed by atoms with Crippen LogP contribution >= 0.6 is 11.8 Å². The molecule has 5 aliphatic rings. The Bertz CT molecular complexity index is 1160. The zero-order valence-corrected chi connectivity index (χ0v) is 24.1. The number of alkyl halides is 3. The Balaban J connectivity index is 1.68. The van der Waals surface area contributed by atoms with Gasteiger partial charge in [-0.05, 0) is 72.0 Å². The van der Waals surface area contributed by atoms with Gasteiger partial charge in [-0.3, -0.25) is 14.4 Å². The summed E-state index contributed by atoms with van der Waals surface area (Å²) in [6.07, 6.45) is 0.389. The fraction of sp³-hybridized carbons (Fsp3) is 0.767. The number of allylic oxidation sites excluding steroid dienone is 4. The lowest BCUT2D eigenvalue weighted by Gasteiger charge is -2.63. The van der Waals surface area contributed by atoms with Crippen molar-refractivity contribution in [2.75, 3.05) is 6.01 Å². The molecule has 0 aliphatic heterocycles. The van der Waals surface area contributed by atoms with Crippen molar-refractivity contribution in [1.82, 2.24) is 0 Å². The number of aliphatic hydroxyl groups is 1. The highest BCUT2D eigenvalue weighted by molar-refractivity contribution is 8.13. The Morgan fingerprint density at radius 2 is 1.68 bits per heavy atom. The molecule has 5 rings (SSSR count). The molecule has 8 heteroatoms. The van der Waals surface area contributed by atoms with Crippen LogP contribution in [0.25, 0.3) is 0 Å². The van der Waals surface area contributed by atoms with Crippen LogP contribution in [0.5, 0.6) is 0 Å². The van der Waals surface area contributed by atoms with Crippen molar-refractivity contribution in [3.8, 4) is 0 Å². The van der Waals surface area contributed by atoms with Crippen LogP contribution < -0.4 is 0 Å². The van der Waals surface area contributed by atoms with Crippen molar-refractivity contribution in [3.05, 3.63) is 23.8 Å². The number of rotatable bonds is 4. The first-order chi connectivity index (χ1) is 17.4. The highest BCUT2D eigenvalue weighted by Gasteiger charge is 2.81. The Labute approximate surface area is 227 Å². The van der Waals surface area contributed by atoms with E-state index < -0.39 is 74.8 Å². The first-order valence-corrected chi connectivity index (χ1v) is 14.6. The van der Waals surface area contributed by atoms with Crippen LogP contribution in [0.3, 0.4) is 0 Å². The van der Waals surface area contributed by atoms with E-state index in [1.165, 1.54) is 19.1 Å². The summed E-state index contributed by atoms with van der Waals surface area (Å²) in [6, 6.07) is -0.991. The summed E-state index contributed by atoms with van der Waals surface area (Å²) in [4.78, 5) is 40.7. The van der Waals surface area contributed by atoms with Crippen LogP contribution in [0.15, 0.2) is 23.8 Å². The number of Topliss-reactive ketones (excluding diaryl/α,β-unsaturated/α-hetero) is 1. The van der Waals surface area contributed by atoms with Crippen LogP contribution in [0, 0.1) is 50.7 Å². The van der Waals surface area contributed by atoms with E-state index in [0.717, 1.165) is 6.08 Å². The second-order valence-corrected chi connectivity index (χ2v) is 15.0. The predicted molar refractivity (Wildman–Crippen MR) is 140 cm³/mol. The number of aliphatic hydroxyl groups excluding tert-OH is 1. The van der Waals surface area contributed by atoms with E-state index in [4.69, 9.17) is 0 Å². The van der Waals surface area contributed by atoms with Gasteiger partial charge in [-0.15, -0.1) is 0 Å². The molecular weight excluding hydrogens is 513 g/mol. The first-order valence-electron chi connectivity index (χ1n) is 13.6. The highest BCUT2D eigenvalue weighted by Crippen LogP contribution is 2.78. The van der Waals surface area contributed by atoms with Gasteiger partial charge in [0.15, 0.2) is 17.2 Å². The summed E-state index contributed by atoms with van der Waals surface area (Å²) < 4.78 is 47.0. The van der Waals surface area contributed by atoms with Gasteiger partial charge in [0.2, 0.25) is 5.12 Å². The maximum Gasteiger partial charge on any atom is 0.205 e. The van der Waals surface area contributed by atoms with Crippen molar-refractivity contribution in [2.45, 2.75) is 85.7 Å². The Morgan fingerprint density at radius 3 is 2.24 bits per heavy atom. The van der Waals surface area contributed by atoms with E-state index in [1.54, 1.807) is 13.8 Å². The highest BCUT2D eigenvalue weighted by atomic mass is 32.2. The van der Waals surface area contributed by atoms with Crippen molar-refractivity contribution in [1.29, 1.82) is 0 Å². The van der Waals surface area contributed by atoms with Gasteiger partial charge in [0.1, 0.15) is 17.6 Å². The largest absolute Gasteiger partial charge is 0.390 e. The third kappa shape index (κ3) is 2.92. The second-order valence-electron chi connectivity index (χ2n) is 14.1. The quantitative estimate of drug-likeness (QED) is 0.435. The second kappa shape index (κ2) is 8.08. The first kappa shape index (κ1) is 28.1. The summed E-state index contributed by atoms with van der Waals surface area (Å²) in [5, 5.41) is 11.1. The molecule has 0 aromatic carbocycles. The standard InChI is InChI=1S/C30H39F3O4S/c1-15-10-17-18-12-20(32)19-11-16(34)8-9-27(19,6)30(18,33)21(35)13-28(17,7)29(15,24(37)38-14-31)23(36)22-25(2,3)26(22,4)5/h8-9,11,15,17-18,20-22,35H,10,12-14H2,1-7H3/t15-,17+,18+,20+,21+,27+,28+,29+,30+/m1/s1. The molecule has 0 heterocycles. The van der Waals surface area contributed by atoms with Gasteiger partial charge in [-0.2, -0.15) is 0 Å². The molecule has 0 unspecified atom stereocenters. The minimum atomic E-state index is -2.30. The van der Waals surface area contributed by atoms with Gasteiger partial charge in [0.05, 0.1) is 6.10 Å². The van der Waals surface area contributed by atoms with Gasteiger partial charge in [0.25, 0.3) is 0 Å². The minimum Gasteiger partial charge on any atom is -0.390 e. The number of hydrogen-bond acceptors (Lipinski definition) is 5. The minimum absolute atomic E-state index is 0.0327. The van der Waals surface area contributed by atoms with Gasteiger partial charge < -0.3 is 5.11 Å². The Hall–Kier alpha value is -1.41. The van der Waals surface area contributed by atoms with Crippen molar-refractivity contribution < 1.29 is 32.7 Å². The fourth-order valence-corrected chi connectivity index (χ4v) is 10.7. The van der Waals surface area contributed by atoms with E-state index in [9.17, 15) is 23.9 Å². The van der Waals surface area contributed by atoms with Gasteiger partial charge in [-0.1, -0.05) is 59.4 Å². The van der Waals surface area contributed by atoms with Crippen LogP contribution in [0.1, 0.15) is 67.7 Å². The topological polar surface area (TPSA) is 71.4 Å². The van der Waals surface area contributed by atoms with Crippen LogP contribution in [-0.4, -0.2) is 45.7 Å². The lowest BCUT2D eigenvalue weighted by Crippen LogP contribution is -2.70. The van der Waals surface area contributed by atoms with Crippen LogP contribution in [0.2, 0.25) is 0 Å². The number of fused-ring (bicyclic) bond motifs is 5. The molecule has 5 aliphatic carbocycles. The molecule has 0 radical (unpaired) electrons. The Morgan fingerprint density at radius 1 is 1.08 bits per heavy atom. The molecule has 210 valence electrons.